The van der Waals surface area contributed by atoms with Gasteiger partial charge < -0.3 is 5.32 Å². The largest absolute Gasteiger partial charge is 0.384 e. The van der Waals surface area contributed by atoms with Gasteiger partial charge in [-0.3, -0.25) is 4.98 Å². The number of halogens is 1. The molecule has 0 bridgehead atoms. The van der Waals surface area contributed by atoms with E-state index in [0.717, 1.165) is 23.7 Å². The molecule has 17 heavy (non-hydrogen) atoms. The number of aromatic nitrogens is 1. The number of rotatable bonds is 4. The van der Waals surface area contributed by atoms with Crippen molar-refractivity contribution >= 4 is 17.3 Å². The molecule has 0 saturated heterocycles. The Morgan fingerprint density at radius 2 is 1.94 bits per heavy atom. The lowest BCUT2D eigenvalue weighted by Crippen LogP contribution is -2.05. The Hall–Kier alpha value is -1.54. The summed E-state index contributed by atoms with van der Waals surface area (Å²) in [5.41, 5.74) is 3.44. The normalized spacial score (nSPS) is 10.2. The van der Waals surface area contributed by atoms with E-state index >= 15 is 0 Å². The second-order valence-corrected chi connectivity index (χ2v) is 4.42. The van der Waals surface area contributed by atoms with Crippen LogP contribution in [0.2, 0.25) is 5.02 Å². The lowest BCUT2D eigenvalue weighted by molar-refractivity contribution is 1.01. The molecular formula is C14H15ClN2. The summed E-state index contributed by atoms with van der Waals surface area (Å²) >= 11 is 6.14. The summed E-state index contributed by atoms with van der Waals surface area (Å²) in [5.74, 6) is 0. The fraction of sp³-hybridized carbons (Fsp3) is 0.214. The maximum absolute atomic E-state index is 6.14. The predicted molar refractivity (Wildman–Crippen MR) is 72.6 cm³/mol. The fourth-order valence-corrected chi connectivity index (χ4v) is 1.96. The molecule has 1 heterocycles. The summed E-state index contributed by atoms with van der Waals surface area (Å²) in [6, 6.07) is 10.1. The molecule has 0 saturated carbocycles. The minimum atomic E-state index is 0.778. The second-order valence-electron chi connectivity index (χ2n) is 4.02. The molecule has 2 aromatic rings. The average Bonchev–Trinajstić information content (AvgIpc) is 2.33. The molecule has 0 spiro atoms. The molecule has 1 N–H and O–H groups in total. The van der Waals surface area contributed by atoms with E-state index in [1.165, 1.54) is 11.1 Å². The van der Waals surface area contributed by atoms with E-state index in [1.807, 2.05) is 43.6 Å². The van der Waals surface area contributed by atoms with Gasteiger partial charge in [0.2, 0.25) is 0 Å². The van der Waals surface area contributed by atoms with Crippen LogP contribution in [0, 0.1) is 6.92 Å². The molecule has 0 atom stereocenters. The van der Waals surface area contributed by atoms with Gasteiger partial charge in [0.05, 0.1) is 10.7 Å². The van der Waals surface area contributed by atoms with Crippen LogP contribution in [0.5, 0.6) is 0 Å². The number of anilines is 1. The highest BCUT2D eigenvalue weighted by Crippen LogP contribution is 2.22. The molecule has 0 aliphatic heterocycles. The quantitative estimate of drug-likeness (QED) is 0.890. The SMILES string of the molecule is Cc1ccc(NCCc2ccncc2)c(Cl)c1. The molecular weight excluding hydrogens is 232 g/mol. The first kappa shape index (κ1) is 11.9. The van der Waals surface area contributed by atoms with Gasteiger partial charge >= 0.3 is 0 Å². The van der Waals surface area contributed by atoms with Crippen LogP contribution in [0.15, 0.2) is 42.7 Å². The first-order valence-electron chi connectivity index (χ1n) is 5.64. The second kappa shape index (κ2) is 5.69. The molecule has 1 aromatic carbocycles. The minimum Gasteiger partial charge on any atom is -0.384 e. The number of aryl methyl sites for hydroxylation is 1. The van der Waals surface area contributed by atoms with Gasteiger partial charge in [-0.2, -0.15) is 0 Å². The zero-order chi connectivity index (χ0) is 12.1. The van der Waals surface area contributed by atoms with Crippen LogP contribution in [-0.2, 0) is 6.42 Å². The first-order chi connectivity index (χ1) is 8.25. The predicted octanol–water partition coefficient (Wildman–Crippen LogP) is 3.70. The molecule has 2 nitrogen and oxygen atoms in total. The van der Waals surface area contributed by atoms with Crippen molar-refractivity contribution < 1.29 is 0 Å². The molecule has 0 unspecified atom stereocenters. The molecule has 88 valence electrons. The molecule has 0 amide bonds. The minimum absolute atomic E-state index is 0.778. The lowest BCUT2D eigenvalue weighted by Gasteiger charge is -2.08. The standard InChI is InChI=1S/C14H15ClN2/c1-11-2-3-14(13(15)10-11)17-9-6-12-4-7-16-8-5-12/h2-5,7-8,10,17H,6,9H2,1H3. The van der Waals surface area contributed by atoms with Crippen LogP contribution in [0.3, 0.4) is 0 Å². The third-order valence-corrected chi connectivity index (χ3v) is 2.92. The number of nitrogens with one attached hydrogen (secondary N) is 1. The van der Waals surface area contributed by atoms with E-state index in [1.54, 1.807) is 0 Å². The summed E-state index contributed by atoms with van der Waals surface area (Å²) in [5, 5.41) is 4.11. The van der Waals surface area contributed by atoms with Crippen LogP contribution in [0.25, 0.3) is 0 Å². The van der Waals surface area contributed by atoms with E-state index in [4.69, 9.17) is 11.6 Å². The third-order valence-electron chi connectivity index (χ3n) is 2.60. The van der Waals surface area contributed by atoms with Gasteiger partial charge in [0.1, 0.15) is 0 Å². The Bertz CT molecular complexity index is 483. The maximum Gasteiger partial charge on any atom is 0.0640 e. The third kappa shape index (κ3) is 3.46. The molecule has 0 fully saturated rings. The molecule has 1 aromatic heterocycles. The van der Waals surface area contributed by atoms with E-state index in [2.05, 4.69) is 16.4 Å². The Labute approximate surface area is 107 Å². The zero-order valence-electron chi connectivity index (χ0n) is 9.78. The van der Waals surface area contributed by atoms with Gasteiger partial charge in [-0.25, -0.2) is 0 Å². The lowest BCUT2D eigenvalue weighted by atomic mass is 10.2. The van der Waals surface area contributed by atoms with Crippen molar-refractivity contribution in [2.24, 2.45) is 0 Å². The number of pyridine rings is 1. The summed E-state index contributed by atoms with van der Waals surface area (Å²) in [4.78, 5) is 3.99. The summed E-state index contributed by atoms with van der Waals surface area (Å²) in [6.07, 6.45) is 4.59. The van der Waals surface area contributed by atoms with Crippen molar-refractivity contribution in [3.05, 3.63) is 58.9 Å². The molecule has 0 aliphatic carbocycles. The van der Waals surface area contributed by atoms with Crippen molar-refractivity contribution in [3.8, 4) is 0 Å². The van der Waals surface area contributed by atoms with Crippen LogP contribution in [-0.4, -0.2) is 11.5 Å². The van der Waals surface area contributed by atoms with Crippen LogP contribution in [0.1, 0.15) is 11.1 Å². The number of hydrogen-bond acceptors (Lipinski definition) is 2. The maximum atomic E-state index is 6.14. The zero-order valence-corrected chi connectivity index (χ0v) is 10.5. The topological polar surface area (TPSA) is 24.9 Å². The van der Waals surface area contributed by atoms with Crippen molar-refractivity contribution in [1.82, 2.24) is 4.98 Å². The highest BCUT2D eigenvalue weighted by Gasteiger charge is 1.99. The highest BCUT2D eigenvalue weighted by atomic mass is 35.5. The van der Waals surface area contributed by atoms with E-state index in [9.17, 15) is 0 Å². The van der Waals surface area contributed by atoms with Crippen molar-refractivity contribution in [2.45, 2.75) is 13.3 Å². The number of benzene rings is 1. The number of hydrogen-bond donors (Lipinski definition) is 1. The van der Waals surface area contributed by atoms with Crippen molar-refractivity contribution in [1.29, 1.82) is 0 Å². The van der Waals surface area contributed by atoms with Gasteiger partial charge in [0, 0.05) is 18.9 Å². The Morgan fingerprint density at radius 3 is 2.65 bits per heavy atom. The van der Waals surface area contributed by atoms with E-state index in [0.29, 0.717) is 0 Å². The first-order valence-corrected chi connectivity index (χ1v) is 6.02. The Balaban J connectivity index is 1.90. The highest BCUT2D eigenvalue weighted by molar-refractivity contribution is 6.33. The van der Waals surface area contributed by atoms with Gasteiger partial charge in [0.15, 0.2) is 0 Å². The van der Waals surface area contributed by atoms with Crippen molar-refractivity contribution in [3.63, 3.8) is 0 Å². The Morgan fingerprint density at radius 1 is 1.18 bits per heavy atom. The number of nitrogens with zero attached hydrogens (tertiary/aromatic N) is 1. The van der Waals surface area contributed by atoms with Gasteiger partial charge in [-0.15, -0.1) is 0 Å². The van der Waals surface area contributed by atoms with Gasteiger partial charge in [0.25, 0.3) is 0 Å². The van der Waals surface area contributed by atoms with Crippen LogP contribution in [0.4, 0.5) is 5.69 Å². The van der Waals surface area contributed by atoms with E-state index < -0.39 is 0 Å². The van der Waals surface area contributed by atoms with Gasteiger partial charge in [-0.1, -0.05) is 17.7 Å². The summed E-state index contributed by atoms with van der Waals surface area (Å²) < 4.78 is 0. The van der Waals surface area contributed by atoms with Crippen LogP contribution < -0.4 is 5.32 Å². The fourth-order valence-electron chi connectivity index (χ4n) is 1.65. The van der Waals surface area contributed by atoms with Crippen LogP contribution >= 0.6 is 11.6 Å². The molecule has 3 heteroatoms. The molecule has 2 rings (SSSR count). The van der Waals surface area contributed by atoms with Crippen molar-refractivity contribution in [2.75, 3.05) is 11.9 Å². The molecule has 0 aliphatic rings. The smallest absolute Gasteiger partial charge is 0.0640 e. The van der Waals surface area contributed by atoms with E-state index in [-0.39, 0.29) is 0 Å². The summed E-state index contributed by atoms with van der Waals surface area (Å²) in [7, 11) is 0. The summed E-state index contributed by atoms with van der Waals surface area (Å²) in [6.45, 7) is 2.90. The molecule has 0 radical (unpaired) electrons. The van der Waals surface area contributed by atoms with Gasteiger partial charge in [-0.05, 0) is 48.7 Å². The Kier molecular flexibility index (Phi) is 3.99. The average molecular weight is 247 g/mol. The monoisotopic (exact) mass is 246 g/mol.